The van der Waals surface area contributed by atoms with Gasteiger partial charge in [0.25, 0.3) is 11.5 Å². The minimum atomic E-state index is -0.901. The van der Waals surface area contributed by atoms with Crippen molar-refractivity contribution in [3.63, 3.8) is 0 Å². The minimum Gasteiger partial charge on any atom is -0.360 e. The molecule has 0 bridgehead atoms. The first kappa shape index (κ1) is 16.5. The van der Waals surface area contributed by atoms with Crippen LogP contribution < -0.4 is 10.9 Å². The summed E-state index contributed by atoms with van der Waals surface area (Å²) in [5.74, 6) is -1.73. The van der Waals surface area contributed by atoms with Gasteiger partial charge in [-0.15, -0.1) is 0 Å². The van der Waals surface area contributed by atoms with Crippen LogP contribution in [0.2, 0.25) is 5.02 Å². The Morgan fingerprint density at radius 2 is 1.84 bits per heavy atom. The van der Waals surface area contributed by atoms with E-state index in [0.29, 0.717) is 21.6 Å². The highest BCUT2D eigenvalue weighted by Crippen LogP contribution is 2.24. The lowest BCUT2D eigenvalue weighted by Gasteiger charge is -2.07. The maximum absolute atomic E-state index is 12.3. The summed E-state index contributed by atoms with van der Waals surface area (Å²) in [6.07, 6.45) is 1.35. The second-order valence-electron chi connectivity index (χ2n) is 5.10. The van der Waals surface area contributed by atoms with E-state index in [9.17, 15) is 19.7 Å². The zero-order valence-corrected chi connectivity index (χ0v) is 13.3. The van der Waals surface area contributed by atoms with Gasteiger partial charge in [0.05, 0.1) is 16.2 Å². The van der Waals surface area contributed by atoms with Gasteiger partial charge in [-0.05, 0) is 30.3 Å². The molecule has 1 aromatic heterocycles. The normalized spacial score (nSPS) is 10.4. The van der Waals surface area contributed by atoms with Crippen LogP contribution in [0.1, 0.15) is 10.4 Å². The Bertz CT molecular complexity index is 981. The maximum atomic E-state index is 12.3. The van der Waals surface area contributed by atoms with E-state index in [2.05, 4.69) is 15.8 Å². The molecular weight excluding hydrogens is 348 g/mol. The Hall–Kier alpha value is -3.39. The number of anilines is 1. The van der Waals surface area contributed by atoms with Gasteiger partial charge in [0, 0.05) is 34.3 Å². The van der Waals surface area contributed by atoms with Gasteiger partial charge in [-0.25, -0.2) is 0 Å². The number of Topliss-reactive ketones (excluding diaryl/α,β-unsaturated/α-hetero) is 1. The number of hydrogen-bond donors (Lipinski definition) is 3. The zero-order chi connectivity index (χ0) is 18.0. The van der Waals surface area contributed by atoms with Crippen molar-refractivity contribution < 1.29 is 14.5 Å². The number of aromatic nitrogens is 1. The van der Waals surface area contributed by atoms with Gasteiger partial charge in [-0.1, -0.05) is 11.6 Å². The molecule has 3 N–H and O–H groups in total. The number of H-pyrrole nitrogens is 1. The molecule has 0 aliphatic heterocycles. The van der Waals surface area contributed by atoms with Crippen molar-refractivity contribution in [2.75, 3.05) is 5.43 Å². The van der Waals surface area contributed by atoms with E-state index in [1.807, 2.05) is 0 Å². The number of fused-ring (bicyclic) bond motifs is 1. The lowest BCUT2D eigenvalue weighted by atomic mass is 10.1. The van der Waals surface area contributed by atoms with Crippen molar-refractivity contribution in [2.24, 2.45) is 0 Å². The fraction of sp³-hybridized carbons (Fsp3) is 0. The number of benzene rings is 2. The van der Waals surface area contributed by atoms with E-state index < -0.39 is 16.6 Å². The molecule has 0 radical (unpaired) electrons. The van der Waals surface area contributed by atoms with Crippen molar-refractivity contribution >= 4 is 45.6 Å². The van der Waals surface area contributed by atoms with Crippen LogP contribution in [0, 0.1) is 10.1 Å². The summed E-state index contributed by atoms with van der Waals surface area (Å²) in [6.45, 7) is 0. The summed E-state index contributed by atoms with van der Waals surface area (Å²) >= 11 is 5.76. The second-order valence-corrected chi connectivity index (χ2v) is 5.54. The van der Waals surface area contributed by atoms with Crippen LogP contribution >= 0.6 is 11.6 Å². The molecule has 25 heavy (non-hydrogen) atoms. The topological polar surface area (TPSA) is 117 Å². The molecule has 8 nitrogen and oxygen atoms in total. The van der Waals surface area contributed by atoms with Gasteiger partial charge in [0.15, 0.2) is 0 Å². The third-order valence-corrected chi connectivity index (χ3v) is 3.74. The van der Waals surface area contributed by atoms with E-state index >= 15 is 0 Å². The Morgan fingerprint density at radius 1 is 1.12 bits per heavy atom. The first-order valence-electron chi connectivity index (χ1n) is 7.07. The quantitative estimate of drug-likeness (QED) is 0.280. The van der Waals surface area contributed by atoms with E-state index in [1.165, 1.54) is 24.4 Å². The average Bonchev–Trinajstić information content (AvgIpc) is 3.03. The van der Waals surface area contributed by atoms with E-state index in [1.54, 1.807) is 24.3 Å². The number of halogens is 1. The van der Waals surface area contributed by atoms with Gasteiger partial charge in [-0.2, -0.15) is 0 Å². The molecule has 0 unspecified atom stereocenters. The Kier molecular flexibility index (Phi) is 4.36. The van der Waals surface area contributed by atoms with Crippen molar-refractivity contribution in [3.05, 3.63) is 69.4 Å². The predicted octanol–water partition coefficient (Wildman–Crippen LogP) is 3.06. The molecule has 0 aliphatic carbocycles. The third kappa shape index (κ3) is 3.43. The number of carbonyl (C=O) groups is 2. The van der Waals surface area contributed by atoms with Crippen LogP contribution in [0.15, 0.2) is 48.7 Å². The fourth-order valence-corrected chi connectivity index (χ4v) is 2.38. The third-order valence-electron chi connectivity index (χ3n) is 3.49. The first-order chi connectivity index (χ1) is 12.0. The highest BCUT2D eigenvalue weighted by atomic mass is 35.5. The van der Waals surface area contributed by atoms with Crippen molar-refractivity contribution in [3.8, 4) is 0 Å². The monoisotopic (exact) mass is 358 g/mol. The fourth-order valence-electron chi connectivity index (χ4n) is 2.25. The average molecular weight is 359 g/mol. The molecule has 9 heteroatoms. The maximum Gasteiger partial charge on any atom is 0.310 e. The number of hydrogen-bond acceptors (Lipinski definition) is 5. The van der Waals surface area contributed by atoms with Crippen LogP contribution in [0.3, 0.4) is 0 Å². The second kappa shape index (κ2) is 6.62. The smallest absolute Gasteiger partial charge is 0.310 e. The number of nitrogens with one attached hydrogen (secondary N) is 3. The predicted molar refractivity (Wildman–Crippen MR) is 92.5 cm³/mol. The van der Waals surface area contributed by atoms with E-state index in [0.717, 1.165) is 0 Å². The van der Waals surface area contributed by atoms with Gasteiger partial charge in [0.2, 0.25) is 0 Å². The molecule has 1 amide bonds. The number of hydrazine groups is 1. The summed E-state index contributed by atoms with van der Waals surface area (Å²) in [6, 6.07) is 10.5. The van der Waals surface area contributed by atoms with Crippen LogP contribution in [0.25, 0.3) is 10.9 Å². The molecule has 0 spiro atoms. The Balaban J connectivity index is 1.78. The number of non-ortho nitro benzene ring substituents is 1. The minimum absolute atomic E-state index is 0.0501. The van der Waals surface area contributed by atoms with E-state index in [-0.39, 0.29) is 11.3 Å². The molecule has 0 atom stereocenters. The molecule has 3 rings (SSSR count). The number of nitro groups is 1. The summed E-state index contributed by atoms with van der Waals surface area (Å²) in [5.41, 5.74) is 5.82. The highest BCUT2D eigenvalue weighted by Gasteiger charge is 2.21. The summed E-state index contributed by atoms with van der Waals surface area (Å²) in [7, 11) is 0. The summed E-state index contributed by atoms with van der Waals surface area (Å²) < 4.78 is 0. The van der Waals surface area contributed by atoms with Gasteiger partial charge >= 0.3 is 5.91 Å². The number of ketones is 1. The van der Waals surface area contributed by atoms with Gasteiger partial charge in [0.1, 0.15) is 0 Å². The number of nitro benzene ring substituents is 1. The number of rotatable bonds is 5. The standard InChI is InChI=1S/C16H11ClN4O4/c17-9-1-3-10(4-2-9)19-20-16(23)15(22)13-8-18-14-6-5-11(21(24)25)7-12(13)14/h1-8,18-19H,(H,20,23). The molecule has 126 valence electrons. The van der Waals surface area contributed by atoms with E-state index in [4.69, 9.17) is 11.6 Å². The molecule has 1 heterocycles. The van der Waals surface area contributed by atoms with Crippen LogP contribution in [0.5, 0.6) is 0 Å². The van der Waals surface area contributed by atoms with Crippen LogP contribution in [0.4, 0.5) is 11.4 Å². The summed E-state index contributed by atoms with van der Waals surface area (Å²) in [4.78, 5) is 37.5. The van der Waals surface area contributed by atoms with Crippen molar-refractivity contribution in [1.29, 1.82) is 0 Å². The number of aromatic amines is 1. The lowest BCUT2D eigenvalue weighted by Crippen LogP contribution is -2.35. The SMILES string of the molecule is O=C(NNc1ccc(Cl)cc1)C(=O)c1c[nH]c2ccc([N+](=O)[O-])cc12. The van der Waals surface area contributed by atoms with Gasteiger partial charge < -0.3 is 4.98 Å². The molecule has 0 saturated heterocycles. The zero-order valence-electron chi connectivity index (χ0n) is 12.6. The van der Waals surface area contributed by atoms with Crippen molar-refractivity contribution in [1.82, 2.24) is 10.4 Å². The number of carbonyl (C=O) groups excluding carboxylic acids is 2. The molecule has 3 aromatic rings. The Morgan fingerprint density at radius 3 is 2.52 bits per heavy atom. The molecule has 0 saturated carbocycles. The molecular formula is C16H11ClN4O4. The summed E-state index contributed by atoms with van der Waals surface area (Å²) in [5, 5.41) is 11.7. The number of amides is 1. The van der Waals surface area contributed by atoms with Crippen LogP contribution in [-0.2, 0) is 4.79 Å². The highest BCUT2D eigenvalue weighted by molar-refractivity contribution is 6.45. The largest absolute Gasteiger partial charge is 0.360 e. The molecule has 0 fully saturated rings. The number of nitrogens with zero attached hydrogens (tertiary/aromatic N) is 1. The first-order valence-corrected chi connectivity index (χ1v) is 7.45. The molecule has 0 aliphatic rings. The van der Waals surface area contributed by atoms with Gasteiger partial charge in [-0.3, -0.25) is 30.6 Å². The lowest BCUT2D eigenvalue weighted by molar-refractivity contribution is -0.384. The van der Waals surface area contributed by atoms with Crippen molar-refractivity contribution in [2.45, 2.75) is 0 Å². The van der Waals surface area contributed by atoms with Crippen LogP contribution in [-0.4, -0.2) is 21.6 Å². The Labute approximate surface area is 145 Å². The molecule has 2 aromatic carbocycles.